The number of halogens is 1. The highest BCUT2D eigenvalue weighted by atomic mass is 35.5. The Morgan fingerprint density at radius 2 is 2.00 bits per heavy atom. The van der Waals surface area contributed by atoms with Crippen molar-refractivity contribution in [3.8, 4) is 0 Å². The molecule has 0 radical (unpaired) electrons. The molecule has 0 saturated heterocycles. The zero-order chi connectivity index (χ0) is 12.0. The topological polar surface area (TPSA) is 41.1 Å². The van der Waals surface area contributed by atoms with Gasteiger partial charge in [0.05, 0.1) is 6.04 Å². The first-order valence-electron chi connectivity index (χ1n) is 5.64. The molecule has 17 heavy (non-hydrogen) atoms. The molecule has 4 heteroatoms. The maximum Gasteiger partial charge on any atom is 0.221 e. The first-order chi connectivity index (χ1) is 7.65. The summed E-state index contributed by atoms with van der Waals surface area (Å²) in [5.74, 6) is 0.0881. The van der Waals surface area contributed by atoms with Crippen molar-refractivity contribution in [2.75, 3.05) is 13.6 Å². The highest BCUT2D eigenvalue weighted by Crippen LogP contribution is 2.16. The van der Waals surface area contributed by atoms with Gasteiger partial charge in [-0.25, -0.2) is 0 Å². The number of rotatable bonds is 5. The molecule has 1 rings (SSSR count). The van der Waals surface area contributed by atoms with Crippen molar-refractivity contribution in [3.63, 3.8) is 0 Å². The first kappa shape index (κ1) is 15.9. The Bertz CT molecular complexity index is 355. The fourth-order valence-corrected chi connectivity index (χ4v) is 1.70. The van der Waals surface area contributed by atoms with Gasteiger partial charge in [-0.3, -0.25) is 4.79 Å². The van der Waals surface area contributed by atoms with Crippen LogP contribution < -0.4 is 10.6 Å². The van der Waals surface area contributed by atoms with E-state index in [2.05, 4.69) is 29.7 Å². The molecule has 0 heterocycles. The second kappa shape index (κ2) is 8.09. The van der Waals surface area contributed by atoms with E-state index in [1.54, 1.807) is 0 Å². The molecule has 0 bridgehead atoms. The quantitative estimate of drug-likeness (QED) is 0.848. The molecule has 1 aromatic carbocycles. The first-order valence-corrected chi connectivity index (χ1v) is 5.64. The van der Waals surface area contributed by atoms with Gasteiger partial charge in [0.2, 0.25) is 5.91 Å². The van der Waals surface area contributed by atoms with Gasteiger partial charge in [0.1, 0.15) is 0 Å². The predicted molar refractivity (Wildman–Crippen MR) is 73.5 cm³/mol. The third-order valence-corrected chi connectivity index (χ3v) is 2.63. The summed E-state index contributed by atoms with van der Waals surface area (Å²) in [5, 5.41) is 5.96. The van der Waals surface area contributed by atoms with Crippen LogP contribution >= 0.6 is 12.4 Å². The molecule has 0 aliphatic carbocycles. The lowest BCUT2D eigenvalue weighted by atomic mass is 10.0. The van der Waals surface area contributed by atoms with Crippen LogP contribution in [0.25, 0.3) is 0 Å². The van der Waals surface area contributed by atoms with Crippen molar-refractivity contribution in [1.29, 1.82) is 0 Å². The van der Waals surface area contributed by atoms with Crippen molar-refractivity contribution < 1.29 is 4.79 Å². The molecule has 0 spiro atoms. The monoisotopic (exact) mass is 256 g/mol. The summed E-state index contributed by atoms with van der Waals surface area (Å²) in [6, 6.07) is 8.20. The smallest absolute Gasteiger partial charge is 0.221 e. The van der Waals surface area contributed by atoms with Crippen LogP contribution in [-0.4, -0.2) is 19.5 Å². The minimum Gasteiger partial charge on any atom is -0.350 e. The number of hydrogen-bond acceptors (Lipinski definition) is 2. The van der Waals surface area contributed by atoms with Crippen LogP contribution in [0, 0.1) is 6.92 Å². The van der Waals surface area contributed by atoms with E-state index in [4.69, 9.17) is 0 Å². The summed E-state index contributed by atoms with van der Waals surface area (Å²) >= 11 is 0. The number of benzene rings is 1. The lowest BCUT2D eigenvalue weighted by Crippen LogP contribution is -2.29. The van der Waals surface area contributed by atoms with Gasteiger partial charge in [-0.05, 0) is 32.0 Å². The summed E-state index contributed by atoms with van der Waals surface area (Å²) in [5.41, 5.74) is 2.39. The van der Waals surface area contributed by atoms with E-state index < -0.39 is 0 Å². The fraction of sp³-hybridized carbons (Fsp3) is 0.462. The van der Waals surface area contributed by atoms with Crippen LogP contribution in [0.4, 0.5) is 0 Å². The Balaban J connectivity index is 0.00000256. The van der Waals surface area contributed by atoms with Gasteiger partial charge in [-0.1, -0.05) is 24.3 Å². The van der Waals surface area contributed by atoms with Crippen molar-refractivity contribution >= 4 is 18.3 Å². The van der Waals surface area contributed by atoms with Crippen molar-refractivity contribution in [1.82, 2.24) is 10.6 Å². The summed E-state index contributed by atoms with van der Waals surface area (Å²) in [4.78, 5) is 11.5. The lowest BCUT2D eigenvalue weighted by Gasteiger charge is -2.16. The number of amides is 1. The van der Waals surface area contributed by atoms with Crippen LogP contribution in [-0.2, 0) is 4.79 Å². The molecule has 3 nitrogen and oxygen atoms in total. The molecule has 0 fully saturated rings. The number of aryl methyl sites for hydroxylation is 1. The number of nitrogens with one attached hydrogen (secondary N) is 2. The van der Waals surface area contributed by atoms with Gasteiger partial charge in [0.25, 0.3) is 0 Å². The maximum absolute atomic E-state index is 11.5. The van der Waals surface area contributed by atoms with Gasteiger partial charge in [-0.15, -0.1) is 12.4 Å². The molecule has 2 N–H and O–H groups in total. The van der Waals surface area contributed by atoms with Crippen molar-refractivity contribution in [2.45, 2.75) is 26.3 Å². The van der Waals surface area contributed by atoms with Gasteiger partial charge >= 0.3 is 0 Å². The number of hydrogen-bond donors (Lipinski definition) is 2. The van der Waals surface area contributed by atoms with E-state index in [0.717, 1.165) is 0 Å². The minimum atomic E-state index is 0. The van der Waals surface area contributed by atoms with E-state index in [-0.39, 0.29) is 24.4 Å². The Morgan fingerprint density at radius 3 is 2.59 bits per heavy atom. The van der Waals surface area contributed by atoms with E-state index in [1.807, 2.05) is 26.1 Å². The van der Waals surface area contributed by atoms with Gasteiger partial charge in [0, 0.05) is 13.0 Å². The Morgan fingerprint density at radius 1 is 1.35 bits per heavy atom. The molecule has 1 aromatic rings. The van der Waals surface area contributed by atoms with E-state index in [0.29, 0.717) is 13.0 Å². The van der Waals surface area contributed by atoms with Crippen LogP contribution in [0.1, 0.15) is 30.5 Å². The fourth-order valence-electron chi connectivity index (χ4n) is 1.70. The normalized spacial score (nSPS) is 11.5. The van der Waals surface area contributed by atoms with E-state index in [9.17, 15) is 4.79 Å². The van der Waals surface area contributed by atoms with Crippen LogP contribution in [0.15, 0.2) is 24.3 Å². The van der Waals surface area contributed by atoms with E-state index in [1.165, 1.54) is 11.1 Å². The molecular formula is C13H21ClN2O. The molecule has 0 aliphatic rings. The summed E-state index contributed by atoms with van der Waals surface area (Å²) < 4.78 is 0. The third-order valence-electron chi connectivity index (χ3n) is 2.63. The second-order valence-electron chi connectivity index (χ2n) is 4.00. The molecule has 1 unspecified atom stereocenters. The molecule has 96 valence electrons. The minimum absolute atomic E-state index is 0. The zero-order valence-corrected chi connectivity index (χ0v) is 11.4. The Hall–Kier alpha value is -1.06. The highest BCUT2D eigenvalue weighted by Gasteiger charge is 2.10. The Labute approximate surface area is 109 Å². The number of carbonyl (C=O) groups excluding carboxylic acids is 1. The molecule has 0 aliphatic heterocycles. The summed E-state index contributed by atoms with van der Waals surface area (Å²) in [6.07, 6.45) is 0.521. The average molecular weight is 257 g/mol. The third kappa shape index (κ3) is 5.20. The van der Waals surface area contributed by atoms with Gasteiger partial charge in [0.15, 0.2) is 0 Å². The molecule has 0 aromatic heterocycles. The van der Waals surface area contributed by atoms with E-state index >= 15 is 0 Å². The Kier molecular flexibility index (Phi) is 7.59. The molecular weight excluding hydrogens is 236 g/mol. The van der Waals surface area contributed by atoms with Gasteiger partial charge < -0.3 is 10.6 Å². The van der Waals surface area contributed by atoms with Crippen LogP contribution in [0.5, 0.6) is 0 Å². The lowest BCUT2D eigenvalue weighted by molar-refractivity contribution is -0.121. The number of carbonyl (C=O) groups is 1. The largest absolute Gasteiger partial charge is 0.350 e. The molecule has 1 atom stereocenters. The zero-order valence-electron chi connectivity index (χ0n) is 10.6. The molecule has 1 amide bonds. The summed E-state index contributed by atoms with van der Waals surface area (Å²) in [7, 11) is 1.85. The second-order valence-corrected chi connectivity index (χ2v) is 4.00. The maximum atomic E-state index is 11.5. The standard InChI is InChI=1S/C13H20N2O.ClH/c1-10-6-4-5-7-12(10)11(2)15-13(16)8-9-14-3;/h4-7,11,14H,8-9H2,1-3H3,(H,15,16);1H. The molecule has 0 saturated carbocycles. The summed E-state index contributed by atoms with van der Waals surface area (Å²) in [6.45, 7) is 4.79. The van der Waals surface area contributed by atoms with Crippen LogP contribution in [0.3, 0.4) is 0 Å². The highest BCUT2D eigenvalue weighted by molar-refractivity contribution is 5.85. The average Bonchev–Trinajstić information content (AvgIpc) is 2.26. The SMILES string of the molecule is CNCCC(=O)NC(C)c1ccccc1C.Cl. The predicted octanol–water partition coefficient (Wildman–Crippen LogP) is 2.20. The van der Waals surface area contributed by atoms with Gasteiger partial charge in [-0.2, -0.15) is 0 Å². The van der Waals surface area contributed by atoms with Crippen molar-refractivity contribution in [2.24, 2.45) is 0 Å². The van der Waals surface area contributed by atoms with Crippen LogP contribution in [0.2, 0.25) is 0 Å². The van der Waals surface area contributed by atoms with Crippen molar-refractivity contribution in [3.05, 3.63) is 35.4 Å².